The van der Waals surface area contributed by atoms with E-state index in [1.165, 1.54) is 24.2 Å². The van der Waals surface area contributed by atoms with Gasteiger partial charge in [0.25, 0.3) is 0 Å². The zero-order valence-corrected chi connectivity index (χ0v) is 8.51. The maximum absolute atomic E-state index is 4.07. The third-order valence-corrected chi connectivity index (χ3v) is 2.18. The monoisotopic (exact) mass is 188 g/mol. The molecule has 0 aromatic carbocycles. The van der Waals surface area contributed by atoms with Crippen LogP contribution in [0.5, 0.6) is 0 Å². The van der Waals surface area contributed by atoms with Crippen LogP contribution in [0.2, 0.25) is 0 Å². The van der Waals surface area contributed by atoms with Crippen LogP contribution in [0.1, 0.15) is 33.1 Å². The van der Waals surface area contributed by atoms with Gasteiger partial charge in [-0.3, -0.25) is 4.90 Å². The Balaban J connectivity index is 0.00000121. The summed E-state index contributed by atoms with van der Waals surface area (Å²) in [6.45, 7) is 4.48. The maximum Gasteiger partial charge on any atom is 0.193 e. The molecule has 70 valence electrons. The topological polar surface area (TPSA) is 16.8 Å². The van der Waals surface area contributed by atoms with Gasteiger partial charge >= 0.3 is 0 Å². The van der Waals surface area contributed by atoms with Crippen molar-refractivity contribution in [2.45, 2.75) is 39.2 Å². The Kier molecular flexibility index (Phi) is 6.03. The van der Waals surface area contributed by atoms with Gasteiger partial charge in [0.05, 0.1) is 12.2 Å². The van der Waals surface area contributed by atoms with E-state index in [2.05, 4.69) is 25.0 Å². The van der Waals surface area contributed by atoms with E-state index >= 15 is 0 Å². The van der Waals surface area contributed by atoms with Gasteiger partial charge in [-0.2, -0.15) is 0 Å². The van der Waals surface area contributed by atoms with Gasteiger partial charge in [0.15, 0.2) is 6.34 Å². The van der Waals surface area contributed by atoms with Crippen LogP contribution >= 0.6 is 0 Å². The Bertz CT molecular complexity index is 154. The summed E-state index contributed by atoms with van der Waals surface area (Å²) in [5, 5.41) is 0. The van der Waals surface area contributed by atoms with Crippen LogP contribution in [0.15, 0.2) is 17.4 Å². The molecule has 0 bridgehead atoms. The number of hydrogen-bond acceptors (Lipinski definition) is 1. The van der Waals surface area contributed by atoms with E-state index in [0.29, 0.717) is 0 Å². The minimum absolute atomic E-state index is 0. The zero-order valence-electron chi connectivity index (χ0n) is 7.76. The molecule has 0 aliphatic carbocycles. The van der Waals surface area contributed by atoms with Crippen LogP contribution in [0.4, 0.5) is 0 Å². The van der Waals surface area contributed by atoms with Gasteiger partial charge in [0.2, 0.25) is 0 Å². The number of halogens is 1. The first kappa shape index (κ1) is 11.7. The van der Waals surface area contributed by atoms with Crippen LogP contribution < -0.4 is 17.3 Å². The molecule has 0 spiro atoms. The SMILES string of the molecule is CCCC(CC)[NH+]1C=CN=C1.[Cl-]. The normalized spacial score (nSPS) is 22.3. The van der Waals surface area contributed by atoms with E-state index in [1.807, 2.05) is 12.5 Å². The molecule has 0 fully saturated rings. The number of nitrogens with zero attached hydrogens (tertiary/aromatic N) is 1. The second-order valence-corrected chi connectivity index (χ2v) is 2.99. The zero-order chi connectivity index (χ0) is 8.10. The predicted octanol–water partition coefficient (Wildman–Crippen LogP) is -2.03. The van der Waals surface area contributed by atoms with E-state index in [9.17, 15) is 0 Å². The lowest BCUT2D eigenvalue weighted by atomic mass is 10.1. The molecular formula is C9H17ClN2. The van der Waals surface area contributed by atoms with Crippen molar-refractivity contribution < 1.29 is 17.3 Å². The summed E-state index contributed by atoms with van der Waals surface area (Å²) in [6.07, 6.45) is 9.80. The van der Waals surface area contributed by atoms with Crippen molar-refractivity contribution >= 4 is 6.34 Å². The highest BCUT2D eigenvalue weighted by atomic mass is 35.5. The lowest BCUT2D eigenvalue weighted by molar-refractivity contribution is -0.769. The Morgan fingerprint density at radius 1 is 1.42 bits per heavy atom. The van der Waals surface area contributed by atoms with Crippen molar-refractivity contribution in [2.75, 3.05) is 0 Å². The number of quaternary nitrogens is 1. The summed E-state index contributed by atoms with van der Waals surface area (Å²) in [7, 11) is 0. The minimum Gasteiger partial charge on any atom is -1.00 e. The van der Waals surface area contributed by atoms with Crippen LogP contribution in [0.3, 0.4) is 0 Å². The molecular weight excluding hydrogens is 172 g/mol. The summed E-state index contributed by atoms with van der Waals surface area (Å²) in [5.74, 6) is 0. The first-order valence-electron chi connectivity index (χ1n) is 4.45. The standard InChI is InChI=1S/C9H16N2.ClH/c1-3-5-9(4-2)11-7-6-10-8-11;/h6-9H,3-5H2,1-2H3;1H. The molecule has 12 heavy (non-hydrogen) atoms. The fourth-order valence-electron chi connectivity index (χ4n) is 1.50. The van der Waals surface area contributed by atoms with Gasteiger partial charge in [-0.05, 0) is 12.8 Å². The summed E-state index contributed by atoms with van der Waals surface area (Å²) >= 11 is 0. The molecule has 1 aliphatic rings. The Morgan fingerprint density at radius 3 is 2.58 bits per heavy atom. The second kappa shape index (κ2) is 6.21. The van der Waals surface area contributed by atoms with Crippen molar-refractivity contribution in [3.05, 3.63) is 12.4 Å². The fraction of sp³-hybridized carbons (Fsp3) is 0.667. The molecule has 0 aromatic rings. The van der Waals surface area contributed by atoms with Crippen LogP contribution in [-0.2, 0) is 0 Å². The minimum atomic E-state index is 0. The molecule has 2 atom stereocenters. The van der Waals surface area contributed by atoms with Crippen molar-refractivity contribution in [1.82, 2.24) is 0 Å². The van der Waals surface area contributed by atoms with Crippen LogP contribution in [0, 0.1) is 0 Å². The highest BCUT2D eigenvalue weighted by Crippen LogP contribution is 1.97. The highest BCUT2D eigenvalue weighted by Gasteiger charge is 2.17. The predicted molar refractivity (Wildman–Crippen MR) is 47.6 cm³/mol. The molecule has 3 heteroatoms. The maximum atomic E-state index is 4.07. The van der Waals surface area contributed by atoms with Gasteiger partial charge in [-0.25, -0.2) is 4.99 Å². The Hall–Kier alpha value is -0.340. The molecule has 1 heterocycles. The summed E-state index contributed by atoms with van der Waals surface area (Å²) < 4.78 is 0. The number of nitrogens with one attached hydrogen (secondary N) is 1. The van der Waals surface area contributed by atoms with E-state index in [1.54, 1.807) is 0 Å². The van der Waals surface area contributed by atoms with E-state index in [0.717, 1.165) is 6.04 Å². The molecule has 0 amide bonds. The van der Waals surface area contributed by atoms with Gasteiger partial charge in [0.1, 0.15) is 6.20 Å². The second-order valence-electron chi connectivity index (χ2n) is 2.99. The van der Waals surface area contributed by atoms with E-state index in [4.69, 9.17) is 0 Å². The summed E-state index contributed by atoms with van der Waals surface area (Å²) in [6, 6.07) is 0.738. The van der Waals surface area contributed by atoms with Crippen molar-refractivity contribution in [3.63, 3.8) is 0 Å². The third kappa shape index (κ3) is 2.95. The average Bonchev–Trinajstić information content (AvgIpc) is 2.52. The van der Waals surface area contributed by atoms with Crippen LogP contribution in [0.25, 0.3) is 0 Å². The average molecular weight is 189 g/mol. The lowest BCUT2D eigenvalue weighted by Gasteiger charge is -2.16. The summed E-state index contributed by atoms with van der Waals surface area (Å²) in [4.78, 5) is 5.48. The lowest BCUT2D eigenvalue weighted by Crippen LogP contribution is -3.09. The quantitative estimate of drug-likeness (QED) is 0.524. The van der Waals surface area contributed by atoms with Gasteiger partial charge < -0.3 is 12.4 Å². The molecule has 1 aliphatic heterocycles. The Morgan fingerprint density at radius 2 is 2.17 bits per heavy atom. The molecule has 1 N–H and O–H groups in total. The molecule has 0 aromatic heterocycles. The molecule has 2 nitrogen and oxygen atoms in total. The molecule has 0 radical (unpaired) electrons. The van der Waals surface area contributed by atoms with Crippen molar-refractivity contribution in [3.8, 4) is 0 Å². The molecule has 1 rings (SSSR count). The molecule has 0 saturated heterocycles. The number of rotatable bonds is 4. The van der Waals surface area contributed by atoms with Gasteiger partial charge in [0, 0.05) is 0 Å². The van der Waals surface area contributed by atoms with Gasteiger partial charge in [-0.1, -0.05) is 20.3 Å². The first-order valence-corrected chi connectivity index (χ1v) is 4.45. The largest absolute Gasteiger partial charge is 1.00 e. The van der Waals surface area contributed by atoms with Crippen LogP contribution in [-0.4, -0.2) is 12.4 Å². The van der Waals surface area contributed by atoms with Crippen molar-refractivity contribution in [1.29, 1.82) is 0 Å². The van der Waals surface area contributed by atoms with E-state index < -0.39 is 0 Å². The van der Waals surface area contributed by atoms with E-state index in [-0.39, 0.29) is 12.4 Å². The molecule has 2 unspecified atom stereocenters. The highest BCUT2D eigenvalue weighted by molar-refractivity contribution is 5.47. The number of hydrogen-bond donors (Lipinski definition) is 1. The third-order valence-electron chi connectivity index (χ3n) is 2.18. The number of aliphatic imine (C=N–C) groups is 1. The Labute approximate surface area is 80.8 Å². The first-order chi connectivity index (χ1) is 5.38. The van der Waals surface area contributed by atoms with Gasteiger partial charge in [-0.15, -0.1) is 0 Å². The smallest absolute Gasteiger partial charge is 0.193 e. The van der Waals surface area contributed by atoms with Crippen molar-refractivity contribution in [2.24, 2.45) is 4.99 Å². The summed E-state index contributed by atoms with van der Waals surface area (Å²) in [5.41, 5.74) is 0. The molecule has 0 saturated carbocycles. The fourth-order valence-corrected chi connectivity index (χ4v) is 1.50.